The van der Waals surface area contributed by atoms with Gasteiger partial charge < -0.3 is 9.80 Å². The van der Waals surface area contributed by atoms with E-state index in [0.717, 1.165) is 21.3 Å². The van der Waals surface area contributed by atoms with Crippen molar-refractivity contribution in [1.82, 2.24) is 4.90 Å². The summed E-state index contributed by atoms with van der Waals surface area (Å²) in [4.78, 5) is 4.78. The van der Waals surface area contributed by atoms with Crippen LogP contribution in [0.3, 0.4) is 0 Å². The van der Waals surface area contributed by atoms with Gasteiger partial charge in [-0.1, -0.05) is 66.0 Å². The topological polar surface area (TPSA) is 6.48 Å². The Balaban J connectivity index is 0. The molecule has 0 amide bonds. The molecule has 0 radical (unpaired) electrons. The average molecular weight is 345 g/mol. The molecule has 0 aliphatic heterocycles. The monoisotopic (exact) mass is 344 g/mol. The molecule has 0 saturated carbocycles. The van der Waals surface area contributed by atoms with E-state index in [4.69, 9.17) is 24.4 Å². The maximum Gasteiger partial charge on any atom is 0.0792 e. The Labute approximate surface area is 149 Å². The molecular formula is C18H36N2S2. The van der Waals surface area contributed by atoms with E-state index in [1.165, 1.54) is 38.9 Å². The van der Waals surface area contributed by atoms with E-state index < -0.39 is 0 Å². The van der Waals surface area contributed by atoms with Gasteiger partial charge in [-0.2, -0.15) is 0 Å². The number of hydrogen-bond donors (Lipinski definition) is 0. The highest BCUT2D eigenvalue weighted by Gasteiger charge is 2.09. The largest absolute Gasteiger partial charge is 0.373 e. The Kier molecular flexibility index (Phi) is 16.9. The predicted octanol–water partition coefficient (Wildman–Crippen LogP) is 6.02. The molecule has 0 spiro atoms. The molecule has 0 unspecified atom stereocenters. The van der Waals surface area contributed by atoms with Crippen molar-refractivity contribution in [3.63, 3.8) is 0 Å². The SMILES string of the molecule is CC.CC.CCCN(CCC)CCCN(C)c1cc(=S)c1=S. The molecular weight excluding hydrogens is 308 g/mol. The van der Waals surface area contributed by atoms with Crippen LogP contribution in [0.15, 0.2) is 6.07 Å². The molecule has 0 saturated heterocycles. The van der Waals surface area contributed by atoms with Crippen LogP contribution in [0.1, 0.15) is 60.8 Å². The van der Waals surface area contributed by atoms with Gasteiger partial charge >= 0.3 is 0 Å². The highest BCUT2D eigenvalue weighted by atomic mass is 32.1. The summed E-state index contributed by atoms with van der Waals surface area (Å²) in [6, 6.07) is 2.01. The Morgan fingerprint density at radius 1 is 0.864 bits per heavy atom. The van der Waals surface area contributed by atoms with E-state index >= 15 is 0 Å². The Morgan fingerprint density at radius 3 is 1.73 bits per heavy atom. The van der Waals surface area contributed by atoms with E-state index in [0.29, 0.717) is 0 Å². The molecule has 1 rings (SSSR count). The van der Waals surface area contributed by atoms with Crippen molar-refractivity contribution in [2.24, 2.45) is 0 Å². The first-order valence-electron chi connectivity index (χ1n) is 8.84. The third-order valence-electron chi connectivity index (χ3n) is 3.18. The van der Waals surface area contributed by atoms with Crippen LogP contribution in [-0.2, 0) is 0 Å². The van der Waals surface area contributed by atoms with Crippen molar-refractivity contribution in [2.75, 3.05) is 38.1 Å². The highest BCUT2D eigenvalue weighted by molar-refractivity contribution is 7.74. The van der Waals surface area contributed by atoms with Gasteiger partial charge in [-0.3, -0.25) is 0 Å². The van der Waals surface area contributed by atoms with Crippen LogP contribution in [0.25, 0.3) is 0 Å². The van der Waals surface area contributed by atoms with Crippen LogP contribution in [0.2, 0.25) is 0 Å². The summed E-state index contributed by atoms with van der Waals surface area (Å²) >= 11 is 10.3. The van der Waals surface area contributed by atoms with Gasteiger partial charge in [0, 0.05) is 13.6 Å². The lowest BCUT2D eigenvalue weighted by Crippen LogP contribution is -2.30. The minimum atomic E-state index is 0.838. The molecule has 0 aromatic heterocycles. The quantitative estimate of drug-likeness (QED) is 0.505. The maximum absolute atomic E-state index is 5.23. The van der Waals surface area contributed by atoms with Gasteiger partial charge in [0.2, 0.25) is 0 Å². The third-order valence-corrected chi connectivity index (χ3v) is 4.06. The summed E-state index contributed by atoms with van der Waals surface area (Å²) in [6.07, 6.45) is 3.65. The second-order valence-corrected chi connectivity index (χ2v) is 5.69. The average Bonchev–Trinajstić information content (AvgIpc) is 2.56. The zero-order chi connectivity index (χ0) is 17.5. The number of hydrogen-bond acceptors (Lipinski definition) is 4. The molecule has 0 aliphatic carbocycles. The minimum Gasteiger partial charge on any atom is -0.373 e. The smallest absolute Gasteiger partial charge is 0.0792 e. The molecule has 1 aromatic carbocycles. The van der Waals surface area contributed by atoms with Crippen LogP contribution in [0, 0.1) is 9.02 Å². The molecule has 22 heavy (non-hydrogen) atoms. The van der Waals surface area contributed by atoms with Gasteiger partial charge in [0.25, 0.3) is 0 Å². The van der Waals surface area contributed by atoms with Crippen molar-refractivity contribution in [3.05, 3.63) is 15.1 Å². The molecule has 4 heteroatoms. The lowest BCUT2D eigenvalue weighted by molar-refractivity contribution is 0.272. The van der Waals surface area contributed by atoms with Crippen molar-refractivity contribution in [2.45, 2.75) is 60.8 Å². The summed E-state index contributed by atoms with van der Waals surface area (Å²) < 4.78 is 1.71. The molecule has 0 aliphatic rings. The van der Waals surface area contributed by atoms with Gasteiger partial charge in [-0.05, 0) is 45.0 Å². The predicted molar refractivity (Wildman–Crippen MR) is 108 cm³/mol. The van der Waals surface area contributed by atoms with Crippen LogP contribution in [0.4, 0.5) is 5.69 Å². The molecule has 1 aromatic rings. The number of nitrogens with zero attached hydrogens (tertiary/aromatic N) is 2. The van der Waals surface area contributed by atoms with Gasteiger partial charge in [0.1, 0.15) is 0 Å². The van der Waals surface area contributed by atoms with Gasteiger partial charge in [-0.15, -0.1) is 0 Å². The van der Waals surface area contributed by atoms with E-state index in [1.807, 2.05) is 33.8 Å². The molecule has 0 atom stereocenters. The fourth-order valence-corrected chi connectivity index (χ4v) is 2.70. The minimum absolute atomic E-state index is 0.838. The van der Waals surface area contributed by atoms with E-state index in [2.05, 4.69) is 30.7 Å². The molecule has 130 valence electrons. The lowest BCUT2D eigenvalue weighted by atomic mass is 10.2. The zero-order valence-corrected chi connectivity index (χ0v) is 17.4. The summed E-state index contributed by atoms with van der Waals surface area (Å²) in [6.45, 7) is 17.1. The standard InChI is InChI=1S/C14H24N2S2.2C2H6/c1-4-7-16(8-5-2)10-6-9-15(3)12-11-13(17)14(12)18;2*1-2/h11H,4-10H2,1-3H3;2*1-2H3. The van der Waals surface area contributed by atoms with Crippen molar-refractivity contribution < 1.29 is 0 Å². The zero-order valence-electron chi connectivity index (χ0n) is 15.7. The molecule has 0 bridgehead atoms. The molecule has 2 nitrogen and oxygen atoms in total. The normalized spacial score (nSPS) is 9.82. The number of rotatable bonds is 9. The highest BCUT2D eigenvalue weighted by Crippen LogP contribution is 2.21. The fourth-order valence-electron chi connectivity index (χ4n) is 2.21. The summed E-state index contributed by atoms with van der Waals surface area (Å²) in [5.41, 5.74) is 1.15. The van der Waals surface area contributed by atoms with Crippen LogP contribution < -0.4 is 4.90 Å². The number of anilines is 1. The van der Waals surface area contributed by atoms with Gasteiger partial charge in [0.05, 0.1) is 14.7 Å². The Morgan fingerprint density at radius 2 is 1.36 bits per heavy atom. The first-order valence-corrected chi connectivity index (χ1v) is 9.65. The molecule has 0 fully saturated rings. The summed E-state index contributed by atoms with van der Waals surface area (Å²) in [7, 11) is 2.10. The van der Waals surface area contributed by atoms with Crippen molar-refractivity contribution >= 4 is 30.1 Å². The van der Waals surface area contributed by atoms with Gasteiger partial charge in [0.15, 0.2) is 0 Å². The Hall–Kier alpha value is -0.320. The second-order valence-electron chi connectivity index (χ2n) is 4.84. The van der Waals surface area contributed by atoms with Gasteiger partial charge in [-0.25, -0.2) is 0 Å². The van der Waals surface area contributed by atoms with Crippen LogP contribution >= 0.6 is 24.4 Å². The van der Waals surface area contributed by atoms with Crippen molar-refractivity contribution in [1.29, 1.82) is 0 Å². The first kappa shape index (κ1) is 23.9. The molecule has 0 N–H and O–H groups in total. The third kappa shape index (κ3) is 8.96. The summed E-state index contributed by atoms with van der Waals surface area (Å²) in [5, 5.41) is 0. The van der Waals surface area contributed by atoms with Crippen LogP contribution in [0.5, 0.6) is 0 Å². The molecule has 0 heterocycles. The maximum atomic E-state index is 5.23. The fraction of sp³-hybridized carbons (Fsp3) is 0.778. The van der Waals surface area contributed by atoms with E-state index in [9.17, 15) is 0 Å². The summed E-state index contributed by atoms with van der Waals surface area (Å²) in [5.74, 6) is 0. The van der Waals surface area contributed by atoms with E-state index in [1.54, 1.807) is 0 Å². The van der Waals surface area contributed by atoms with E-state index in [-0.39, 0.29) is 0 Å². The van der Waals surface area contributed by atoms with Crippen molar-refractivity contribution in [3.8, 4) is 0 Å². The Bertz CT molecular complexity index is 416. The second kappa shape index (κ2) is 15.6. The first-order chi connectivity index (χ1) is 10.6. The van der Waals surface area contributed by atoms with Crippen LogP contribution in [-0.4, -0.2) is 38.1 Å². The lowest BCUT2D eigenvalue weighted by Gasteiger charge is -2.25.